The van der Waals surface area contributed by atoms with Gasteiger partial charge in [0.05, 0.1) is 17.3 Å². The molecule has 1 saturated heterocycles. The largest absolute Gasteiger partial charge is 0.310 e. The monoisotopic (exact) mass is 293 g/mol. The lowest BCUT2D eigenvalue weighted by Gasteiger charge is -2.18. The minimum Gasteiger partial charge on any atom is -0.310 e. The van der Waals surface area contributed by atoms with Gasteiger partial charge in [-0.3, -0.25) is 4.79 Å². The summed E-state index contributed by atoms with van der Waals surface area (Å²) in [6.07, 6.45) is 0.771. The number of amides is 1. The fraction of sp³-hybridized carbons (Fsp3) is 0.333. The molecule has 1 aliphatic rings. The summed E-state index contributed by atoms with van der Waals surface area (Å²) in [5, 5.41) is 12.0. The van der Waals surface area contributed by atoms with Crippen molar-refractivity contribution in [2.24, 2.45) is 0 Å². The Morgan fingerprint density at radius 3 is 2.94 bits per heavy atom. The summed E-state index contributed by atoms with van der Waals surface area (Å²) in [6.45, 7) is 0.648. The molecule has 0 aliphatic carbocycles. The van der Waals surface area contributed by atoms with Crippen molar-refractivity contribution in [2.45, 2.75) is 12.5 Å². The number of rotatable bonds is 2. The van der Waals surface area contributed by atoms with E-state index in [4.69, 9.17) is 5.26 Å². The van der Waals surface area contributed by atoms with E-state index in [-0.39, 0.29) is 11.9 Å². The van der Waals surface area contributed by atoms with Crippen LogP contribution in [0, 0.1) is 11.3 Å². The average Bonchev–Trinajstić information content (AvgIpc) is 2.70. The van der Waals surface area contributed by atoms with Gasteiger partial charge < -0.3 is 10.2 Å². The summed E-state index contributed by atoms with van der Waals surface area (Å²) in [7, 11) is 1.78. The van der Waals surface area contributed by atoms with Crippen LogP contribution in [0.15, 0.2) is 22.7 Å². The van der Waals surface area contributed by atoms with E-state index in [1.54, 1.807) is 24.1 Å². The molecule has 4 nitrogen and oxygen atoms in total. The van der Waals surface area contributed by atoms with Crippen LogP contribution in [-0.4, -0.2) is 25.5 Å². The van der Waals surface area contributed by atoms with Gasteiger partial charge in [0, 0.05) is 11.0 Å². The van der Waals surface area contributed by atoms with E-state index in [2.05, 4.69) is 27.3 Å². The first kappa shape index (κ1) is 12.1. The number of anilines is 1. The van der Waals surface area contributed by atoms with Gasteiger partial charge in [-0.15, -0.1) is 0 Å². The normalized spacial score (nSPS) is 19.5. The minimum absolute atomic E-state index is 0.0297. The molecule has 1 aliphatic heterocycles. The molecule has 0 spiro atoms. The van der Waals surface area contributed by atoms with Crippen molar-refractivity contribution >= 4 is 27.5 Å². The molecule has 1 fully saturated rings. The van der Waals surface area contributed by atoms with Crippen molar-refractivity contribution in [3.05, 3.63) is 28.2 Å². The molecule has 1 aromatic rings. The van der Waals surface area contributed by atoms with E-state index in [1.165, 1.54) is 0 Å². The number of nitrogens with one attached hydrogen (secondary N) is 1. The number of halogens is 1. The molecule has 1 atom stereocenters. The maximum Gasteiger partial charge on any atom is 0.244 e. The van der Waals surface area contributed by atoms with Crippen LogP contribution in [0.25, 0.3) is 0 Å². The van der Waals surface area contributed by atoms with Crippen LogP contribution >= 0.6 is 15.9 Å². The van der Waals surface area contributed by atoms with Crippen LogP contribution < -0.4 is 10.2 Å². The maximum absolute atomic E-state index is 12.1. The number of hydrogen-bond donors (Lipinski definition) is 1. The first-order chi connectivity index (χ1) is 8.17. The second-order valence-corrected chi connectivity index (χ2v) is 4.81. The fourth-order valence-corrected chi connectivity index (χ4v) is 2.36. The standard InChI is InChI=1S/C12H12BrN3O/c1-15-10-4-5-16(12(10)17)11-6-9(13)3-2-8(11)7-14/h2-3,6,10,15H,4-5H2,1H3. The molecular weight excluding hydrogens is 282 g/mol. The second-order valence-electron chi connectivity index (χ2n) is 3.89. The predicted molar refractivity (Wildman–Crippen MR) is 68.7 cm³/mol. The molecule has 0 radical (unpaired) electrons. The van der Waals surface area contributed by atoms with E-state index >= 15 is 0 Å². The van der Waals surface area contributed by atoms with Crippen molar-refractivity contribution in [1.29, 1.82) is 5.26 Å². The van der Waals surface area contributed by atoms with E-state index in [0.717, 1.165) is 10.9 Å². The first-order valence-electron chi connectivity index (χ1n) is 5.35. The third-order valence-corrected chi connectivity index (χ3v) is 3.42. The number of carbonyl (C=O) groups is 1. The topological polar surface area (TPSA) is 56.1 Å². The molecule has 88 valence electrons. The van der Waals surface area contributed by atoms with Crippen LogP contribution in [0.3, 0.4) is 0 Å². The van der Waals surface area contributed by atoms with Crippen LogP contribution in [-0.2, 0) is 4.79 Å². The maximum atomic E-state index is 12.1. The van der Waals surface area contributed by atoms with Gasteiger partial charge in [-0.05, 0) is 31.7 Å². The number of likely N-dealkylation sites (N-methyl/N-ethyl adjacent to an activating group) is 1. The van der Waals surface area contributed by atoms with E-state index in [1.807, 2.05) is 6.07 Å². The second kappa shape index (κ2) is 4.86. The van der Waals surface area contributed by atoms with Gasteiger partial charge in [-0.1, -0.05) is 15.9 Å². The zero-order valence-electron chi connectivity index (χ0n) is 9.40. The smallest absolute Gasteiger partial charge is 0.244 e. The summed E-state index contributed by atoms with van der Waals surface area (Å²) in [4.78, 5) is 13.7. The molecule has 0 saturated carbocycles. The van der Waals surface area contributed by atoms with Crippen molar-refractivity contribution < 1.29 is 4.79 Å². The minimum atomic E-state index is -0.138. The van der Waals surface area contributed by atoms with Gasteiger partial charge in [-0.25, -0.2) is 0 Å². The van der Waals surface area contributed by atoms with Crippen LogP contribution in [0.5, 0.6) is 0 Å². The number of benzene rings is 1. The van der Waals surface area contributed by atoms with Gasteiger partial charge in [0.2, 0.25) is 5.91 Å². The Morgan fingerprint density at radius 1 is 1.59 bits per heavy atom. The summed E-state index contributed by atoms with van der Waals surface area (Å²) in [5.41, 5.74) is 1.21. The van der Waals surface area contributed by atoms with Crippen molar-refractivity contribution in [3.8, 4) is 6.07 Å². The van der Waals surface area contributed by atoms with Crippen LogP contribution in [0.2, 0.25) is 0 Å². The summed E-state index contributed by atoms with van der Waals surface area (Å²) >= 11 is 3.36. The fourth-order valence-electron chi connectivity index (χ4n) is 2.01. The molecule has 1 N–H and O–H groups in total. The molecule has 2 rings (SSSR count). The van der Waals surface area contributed by atoms with Gasteiger partial charge in [0.1, 0.15) is 6.07 Å². The third-order valence-electron chi connectivity index (χ3n) is 2.92. The highest BCUT2D eigenvalue weighted by Crippen LogP contribution is 2.28. The molecule has 1 amide bonds. The molecule has 1 heterocycles. The highest BCUT2D eigenvalue weighted by Gasteiger charge is 2.32. The Hall–Kier alpha value is -1.38. The highest BCUT2D eigenvalue weighted by molar-refractivity contribution is 9.10. The van der Waals surface area contributed by atoms with Crippen LogP contribution in [0.1, 0.15) is 12.0 Å². The Morgan fingerprint density at radius 2 is 2.35 bits per heavy atom. The predicted octanol–water partition coefficient (Wildman–Crippen LogP) is 1.65. The van der Waals surface area contributed by atoms with Gasteiger partial charge in [-0.2, -0.15) is 5.26 Å². The quantitative estimate of drug-likeness (QED) is 0.902. The SMILES string of the molecule is CNC1CCN(c2cc(Br)ccc2C#N)C1=O. The van der Waals surface area contributed by atoms with Crippen LogP contribution in [0.4, 0.5) is 5.69 Å². The Balaban J connectivity index is 2.38. The number of nitrogens with zero attached hydrogens (tertiary/aromatic N) is 2. The number of nitriles is 1. The van der Waals surface area contributed by atoms with Gasteiger partial charge >= 0.3 is 0 Å². The van der Waals surface area contributed by atoms with Crippen molar-refractivity contribution in [2.75, 3.05) is 18.5 Å². The summed E-state index contributed by atoms with van der Waals surface area (Å²) in [5.74, 6) is 0.0297. The molecule has 0 aromatic heterocycles. The summed E-state index contributed by atoms with van der Waals surface area (Å²) < 4.78 is 0.868. The van der Waals surface area contributed by atoms with E-state index in [9.17, 15) is 4.79 Å². The Kier molecular flexibility index (Phi) is 3.46. The molecular formula is C12H12BrN3O. The zero-order chi connectivity index (χ0) is 12.4. The lowest BCUT2D eigenvalue weighted by molar-refractivity contribution is -0.118. The van der Waals surface area contributed by atoms with Crippen molar-refractivity contribution in [1.82, 2.24) is 5.32 Å². The van der Waals surface area contributed by atoms with Gasteiger partial charge in [0.25, 0.3) is 0 Å². The lowest BCUT2D eigenvalue weighted by atomic mass is 10.2. The number of carbonyl (C=O) groups excluding carboxylic acids is 1. The molecule has 5 heteroatoms. The van der Waals surface area contributed by atoms with E-state index in [0.29, 0.717) is 17.8 Å². The molecule has 17 heavy (non-hydrogen) atoms. The first-order valence-corrected chi connectivity index (χ1v) is 6.15. The van der Waals surface area contributed by atoms with E-state index < -0.39 is 0 Å². The Bertz CT molecular complexity index is 495. The summed E-state index contributed by atoms with van der Waals surface area (Å²) in [6, 6.07) is 7.32. The average molecular weight is 294 g/mol. The molecule has 0 bridgehead atoms. The van der Waals surface area contributed by atoms with Gasteiger partial charge in [0.15, 0.2) is 0 Å². The van der Waals surface area contributed by atoms with Crippen molar-refractivity contribution in [3.63, 3.8) is 0 Å². The lowest BCUT2D eigenvalue weighted by Crippen LogP contribution is -2.36. The number of hydrogen-bond acceptors (Lipinski definition) is 3. The molecule has 1 aromatic carbocycles. The molecule has 1 unspecified atom stereocenters. The third kappa shape index (κ3) is 2.19. The highest BCUT2D eigenvalue weighted by atomic mass is 79.9. The Labute approximate surface area is 108 Å². The zero-order valence-corrected chi connectivity index (χ0v) is 11.0.